The number of aromatic nitrogens is 2. The number of anilines is 1. The zero-order chi connectivity index (χ0) is 14.1. The normalized spacial score (nSPS) is 10.4. The van der Waals surface area contributed by atoms with Crippen molar-refractivity contribution in [3.05, 3.63) is 46.6 Å². The van der Waals surface area contributed by atoms with Crippen molar-refractivity contribution >= 4 is 57.1 Å². The molecule has 0 aliphatic heterocycles. The SMILES string of the molecule is Cc1ccc2c(C(=O)CNc3nccs3)c(C)[nH]c2c1.I. The number of ketones is 1. The van der Waals surface area contributed by atoms with Crippen LogP contribution in [0.3, 0.4) is 0 Å². The lowest BCUT2D eigenvalue weighted by Gasteiger charge is -2.03. The molecule has 0 radical (unpaired) electrons. The molecule has 0 spiro atoms. The summed E-state index contributed by atoms with van der Waals surface area (Å²) in [6, 6.07) is 6.10. The van der Waals surface area contributed by atoms with Crippen LogP contribution >= 0.6 is 35.3 Å². The van der Waals surface area contributed by atoms with Gasteiger partial charge in [-0.05, 0) is 25.5 Å². The maximum atomic E-state index is 12.4. The van der Waals surface area contributed by atoms with Gasteiger partial charge in [-0.2, -0.15) is 0 Å². The summed E-state index contributed by atoms with van der Waals surface area (Å²) in [5.41, 5.74) is 3.87. The number of hydrogen-bond donors (Lipinski definition) is 2. The Balaban J connectivity index is 0.00000161. The Morgan fingerprint density at radius 2 is 2.19 bits per heavy atom. The van der Waals surface area contributed by atoms with Crippen LogP contribution in [0.1, 0.15) is 21.6 Å². The molecule has 0 unspecified atom stereocenters. The molecule has 0 bridgehead atoms. The number of benzene rings is 1. The van der Waals surface area contributed by atoms with Crippen LogP contribution in [0.25, 0.3) is 10.9 Å². The summed E-state index contributed by atoms with van der Waals surface area (Å²) < 4.78 is 0. The zero-order valence-corrected chi connectivity index (χ0v) is 14.9. The third-order valence-electron chi connectivity index (χ3n) is 3.25. The predicted octanol–water partition coefficient (Wildman–Crippen LogP) is 4.15. The van der Waals surface area contributed by atoms with Crippen LogP contribution < -0.4 is 5.32 Å². The van der Waals surface area contributed by atoms with Gasteiger partial charge in [-0.25, -0.2) is 4.98 Å². The Morgan fingerprint density at radius 3 is 2.90 bits per heavy atom. The van der Waals surface area contributed by atoms with Crippen LogP contribution in [0.15, 0.2) is 29.8 Å². The summed E-state index contributed by atoms with van der Waals surface area (Å²) in [6.07, 6.45) is 1.72. The average Bonchev–Trinajstić information content (AvgIpc) is 3.02. The van der Waals surface area contributed by atoms with Crippen LogP contribution in [-0.2, 0) is 0 Å². The second-order valence-electron chi connectivity index (χ2n) is 4.79. The highest BCUT2D eigenvalue weighted by Gasteiger charge is 2.16. The van der Waals surface area contributed by atoms with Crippen molar-refractivity contribution in [3.8, 4) is 0 Å². The van der Waals surface area contributed by atoms with Gasteiger partial charge in [-0.1, -0.05) is 12.1 Å². The van der Waals surface area contributed by atoms with Crippen molar-refractivity contribution < 1.29 is 4.79 Å². The van der Waals surface area contributed by atoms with Crippen LogP contribution in [0.4, 0.5) is 5.13 Å². The number of H-pyrrole nitrogens is 1. The smallest absolute Gasteiger partial charge is 0.184 e. The lowest BCUT2D eigenvalue weighted by Crippen LogP contribution is -2.14. The fourth-order valence-corrected chi connectivity index (χ4v) is 2.89. The number of carbonyl (C=O) groups excluding carboxylic acids is 1. The minimum Gasteiger partial charge on any atom is -0.358 e. The van der Waals surface area contributed by atoms with Gasteiger partial charge < -0.3 is 10.3 Å². The van der Waals surface area contributed by atoms with Gasteiger partial charge >= 0.3 is 0 Å². The number of aromatic amines is 1. The number of rotatable bonds is 4. The Hall–Kier alpha value is -1.41. The molecular weight excluding hydrogens is 397 g/mol. The fourth-order valence-electron chi connectivity index (χ4n) is 2.36. The van der Waals surface area contributed by atoms with Crippen molar-refractivity contribution in [2.45, 2.75) is 13.8 Å². The van der Waals surface area contributed by atoms with E-state index in [2.05, 4.69) is 21.4 Å². The number of hydrogen-bond acceptors (Lipinski definition) is 4. The number of aryl methyl sites for hydroxylation is 2. The first-order valence-electron chi connectivity index (χ1n) is 6.40. The van der Waals surface area contributed by atoms with Gasteiger partial charge in [0.15, 0.2) is 10.9 Å². The predicted molar refractivity (Wildman–Crippen MR) is 98.1 cm³/mol. The van der Waals surface area contributed by atoms with Crippen LogP contribution in [0.2, 0.25) is 0 Å². The Labute approximate surface area is 144 Å². The topological polar surface area (TPSA) is 57.8 Å². The number of carbonyl (C=O) groups is 1. The molecule has 2 heterocycles. The molecule has 6 heteroatoms. The number of fused-ring (bicyclic) bond motifs is 1. The van der Waals surface area contributed by atoms with E-state index in [0.717, 1.165) is 27.3 Å². The molecule has 21 heavy (non-hydrogen) atoms. The molecule has 2 N–H and O–H groups in total. The minimum absolute atomic E-state index is 0. The summed E-state index contributed by atoms with van der Waals surface area (Å²) in [5.74, 6) is 0.0767. The lowest BCUT2D eigenvalue weighted by atomic mass is 10.1. The molecule has 2 aromatic heterocycles. The molecule has 0 aliphatic carbocycles. The van der Waals surface area contributed by atoms with E-state index in [1.807, 2.05) is 31.4 Å². The van der Waals surface area contributed by atoms with Crippen molar-refractivity contribution in [1.29, 1.82) is 0 Å². The van der Waals surface area contributed by atoms with Gasteiger partial charge in [0.2, 0.25) is 0 Å². The largest absolute Gasteiger partial charge is 0.358 e. The number of thiazole rings is 1. The van der Waals surface area contributed by atoms with E-state index in [4.69, 9.17) is 0 Å². The maximum absolute atomic E-state index is 12.4. The molecule has 0 saturated heterocycles. The van der Waals surface area contributed by atoms with E-state index in [1.165, 1.54) is 16.9 Å². The molecule has 0 atom stereocenters. The highest BCUT2D eigenvalue weighted by atomic mass is 127. The van der Waals surface area contributed by atoms with Crippen molar-refractivity contribution in [3.63, 3.8) is 0 Å². The standard InChI is InChI=1S/C15H15N3OS.HI/c1-9-3-4-11-12(7-9)18-10(2)14(11)13(19)8-17-15-16-5-6-20-15;/h3-7,18H,8H2,1-2H3,(H,16,17);1H. The van der Waals surface area contributed by atoms with Gasteiger partial charge in [-0.15, -0.1) is 35.3 Å². The highest BCUT2D eigenvalue weighted by Crippen LogP contribution is 2.23. The summed E-state index contributed by atoms with van der Waals surface area (Å²) in [4.78, 5) is 19.8. The van der Waals surface area contributed by atoms with E-state index in [9.17, 15) is 4.79 Å². The number of nitrogens with zero attached hydrogens (tertiary/aromatic N) is 1. The van der Waals surface area contributed by atoms with Crippen molar-refractivity contribution in [1.82, 2.24) is 9.97 Å². The van der Waals surface area contributed by atoms with Crippen LogP contribution in [0, 0.1) is 13.8 Å². The van der Waals surface area contributed by atoms with Crippen LogP contribution in [-0.4, -0.2) is 22.3 Å². The number of nitrogens with one attached hydrogen (secondary N) is 2. The molecule has 0 amide bonds. The average molecular weight is 413 g/mol. The first kappa shape index (κ1) is 16.0. The van der Waals surface area contributed by atoms with Crippen LogP contribution in [0.5, 0.6) is 0 Å². The van der Waals surface area contributed by atoms with E-state index >= 15 is 0 Å². The first-order chi connectivity index (χ1) is 9.65. The van der Waals surface area contributed by atoms with E-state index in [0.29, 0.717) is 0 Å². The first-order valence-corrected chi connectivity index (χ1v) is 7.28. The van der Waals surface area contributed by atoms with Gasteiger partial charge in [0, 0.05) is 33.7 Å². The summed E-state index contributed by atoms with van der Waals surface area (Å²) in [5, 5.41) is 6.70. The third kappa shape index (κ3) is 3.26. The highest BCUT2D eigenvalue weighted by molar-refractivity contribution is 14.0. The van der Waals surface area contributed by atoms with Gasteiger partial charge in [-0.3, -0.25) is 4.79 Å². The molecule has 0 aliphatic rings. The number of Topliss-reactive ketones (excluding diaryl/α,β-unsaturated/α-hetero) is 1. The second kappa shape index (κ2) is 6.57. The van der Waals surface area contributed by atoms with Crippen molar-refractivity contribution in [2.75, 3.05) is 11.9 Å². The molecule has 4 nitrogen and oxygen atoms in total. The van der Waals surface area contributed by atoms with Gasteiger partial charge in [0.1, 0.15) is 0 Å². The minimum atomic E-state index is 0. The van der Waals surface area contributed by atoms with Gasteiger partial charge in [0.25, 0.3) is 0 Å². The lowest BCUT2D eigenvalue weighted by molar-refractivity contribution is 0.101. The fraction of sp³-hybridized carbons (Fsp3) is 0.200. The molecule has 1 aromatic carbocycles. The maximum Gasteiger partial charge on any atom is 0.184 e. The molecular formula is C15H16IN3OS. The van der Waals surface area contributed by atoms with Crippen molar-refractivity contribution in [2.24, 2.45) is 0 Å². The Bertz CT molecular complexity index is 765. The second-order valence-corrected chi connectivity index (χ2v) is 5.68. The molecule has 110 valence electrons. The Kier molecular flexibility index (Phi) is 5.00. The monoisotopic (exact) mass is 413 g/mol. The molecule has 0 saturated carbocycles. The molecule has 0 fully saturated rings. The molecule has 3 aromatic rings. The van der Waals surface area contributed by atoms with E-state index in [-0.39, 0.29) is 36.3 Å². The van der Waals surface area contributed by atoms with Gasteiger partial charge in [0.05, 0.1) is 6.54 Å². The number of halogens is 1. The van der Waals surface area contributed by atoms with E-state index < -0.39 is 0 Å². The summed E-state index contributed by atoms with van der Waals surface area (Å²) in [6.45, 7) is 4.24. The molecule has 3 rings (SSSR count). The zero-order valence-electron chi connectivity index (χ0n) is 11.8. The quantitative estimate of drug-likeness (QED) is 0.499. The summed E-state index contributed by atoms with van der Waals surface area (Å²) in [7, 11) is 0. The third-order valence-corrected chi connectivity index (χ3v) is 3.98. The summed E-state index contributed by atoms with van der Waals surface area (Å²) >= 11 is 1.49. The van der Waals surface area contributed by atoms with E-state index in [1.54, 1.807) is 6.20 Å². The Morgan fingerprint density at radius 1 is 1.38 bits per heavy atom.